The Morgan fingerprint density at radius 2 is 2.00 bits per heavy atom. The predicted octanol–water partition coefficient (Wildman–Crippen LogP) is 2.93. The van der Waals surface area contributed by atoms with Gasteiger partial charge in [-0.15, -0.1) is 5.10 Å². The Hall–Kier alpha value is -1.69. The third-order valence-corrected chi connectivity index (χ3v) is 3.06. The molecule has 5 nitrogen and oxygen atoms in total. The van der Waals surface area contributed by atoms with E-state index in [0.717, 1.165) is 10.2 Å². The van der Waals surface area contributed by atoms with Crippen molar-refractivity contribution in [3.05, 3.63) is 40.4 Å². The fourth-order valence-corrected chi connectivity index (χ4v) is 1.99. The third-order valence-electron chi connectivity index (χ3n) is 2.53. The molecule has 0 unspecified atom stereocenters. The molecule has 0 amide bonds. The molecule has 2 rings (SSSR count). The zero-order valence-corrected chi connectivity index (χ0v) is 12.3. The predicted molar refractivity (Wildman–Crippen MR) is 74.6 cm³/mol. The van der Waals surface area contributed by atoms with E-state index in [1.807, 2.05) is 24.3 Å². The van der Waals surface area contributed by atoms with E-state index in [4.69, 9.17) is 5.11 Å². The van der Waals surface area contributed by atoms with E-state index in [-0.39, 0.29) is 5.82 Å². The highest BCUT2D eigenvalue weighted by Gasteiger charge is 2.17. The minimum Gasteiger partial charge on any atom is -0.475 e. The number of halogens is 1. The normalized spacial score (nSPS) is 10.9. The lowest BCUT2D eigenvalue weighted by molar-refractivity contribution is 0.0683. The van der Waals surface area contributed by atoms with Crippen LogP contribution in [0.25, 0.3) is 5.69 Å². The van der Waals surface area contributed by atoms with Gasteiger partial charge in [-0.05, 0) is 30.2 Å². The fraction of sp³-hybridized carbons (Fsp3) is 0.308. The van der Waals surface area contributed by atoms with Crippen LogP contribution in [0.3, 0.4) is 0 Å². The van der Waals surface area contributed by atoms with E-state index in [1.54, 1.807) is 4.68 Å². The SMILES string of the molecule is CC(C)Cc1nc(C(=O)O)nn1-c1ccc(Br)cc1. The summed E-state index contributed by atoms with van der Waals surface area (Å²) in [5.41, 5.74) is 0.804. The van der Waals surface area contributed by atoms with Crippen LogP contribution in [0.4, 0.5) is 0 Å². The van der Waals surface area contributed by atoms with Gasteiger partial charge in [-0.3, -0.25) is 0 Å². The number of nitrogens with zero attached hydrogens (tertiary/aromatic N) is 3. The first kappa shape index (κ1) is 13.7. The molecule has 6 heteroatoms. The molecule has 0 saturated carbocycles. The second-order valence-electron chi connectivity index (χ2n) is 4.64. The second-order valence-corrected chi connectivity index (χ2v) is 5.56. The van der Waals surface area contributed by atoms with Crippen molar-refractivity contribution in [3.63, 3.8) is 0 Å². The molecule has 100 valence electrons. The summed E-state index contributed by atoms with van der Waals surface area (Å²) in [5, 5.41) is 13.1. The van der Waals surface area contributed by atoms with Crippen molar-refractivity contribution in [2.45, 2.75) is 20.3 Å². The Morgan fingerprint density at radius 1 is 1.37 bits per heavy atom. The summed E-state index contributed by atoms with van der Waals surface area (Å²) in [6.45, 7) is 4.11. The summed E-state index contributed by atoms with van der Waals surface area (Å²) < 4.78 is 2.55. The lowest BCUT2D eigenvalue weighted by atomic mass is 10.1. The molecule has 0 bridgehead atoms. The van der Waals surface area contributed by atoms with Crippen LogP contribution in [0.2, 0.25) is 0 Å². The van der Waals surface area contributed by atoms with Gasteiger partial charge in [-0.25, -0.2) is 14.5 Å². The van der Waals surface area contributed by atoms with Crippen molar-refractivity contribution in [2.24, 2.45) is 5.92 Å². The largest absolute Gasteiger partial charge is 0.475 e. The molecule has 0 atom stereocenters. The van der Waals surface area contributed by atoms with Gasteiger partial charge < -0.3 is 5.11 Å². The van der Waals surface area contributed by atoms with Crippen LogP contribution in [0.5, 0.6) is 0 Å². The number of benzene rings is 1. The molecule has 0 saturated heterocycles. The third kappa shape index (κ3) is 3.20. The highest BCUT2D eigenvalue weighted by molar-refractivity contribution is 9.10. The number of hydrogen-bond acceptors (Lipinski definition) is 3. The smallest absolute Gasteiger partial charge is 0.375 e. The van der Waals surface area contributed by atoms with Crippen molar-refractivity contribution in [1.82, 2.24) is 14.8 Å². The van der Waals surface area contributed by atoms with E-state index in [9.17, 15) is 4.79 Å². The van der Waals surface area contributed by atoms with E-state index in [2.05, 4.69) is 39.9 Å². The maximum Gasteiger partial charge on any atom is 0.375 e. The molecule has 0 spiro atoms. The summed E-state index contributed by atoms with van der Waals surface area (Å²) in [7, 11) is 0. The first-order valence-corrected chi connectivity index (χ1v) is 6.72. The van der Waals surface area contributed by atoms with Crippen LogP contribution < -0.4 is 0 Å². The Morgan fingerprint density at radius 3 is 2.53 bits per heavy atom. The zero-order valence-electron chi connectivity index (χ0n) is 10.7. The van der Waals surface area contributed by atoms with Crippen LogP contribution in [0, 0.1) is 5.92 Å². The molecule has 0 aliphatic heterocycles. The monoisotopic (exact) mass is 323 g/mol. The van der Waals surface area contributed by atoms with Gasteiger partial charge >= 0.3 is 5.97 Å². The number of carboxylic acids is 1. The highest BCUT2D eigenvalue weighted by Crippen LogP contribution is 2.16. The quantitative estimate of drug-likeness (QED) is 0.939. The molecular formula is C13H14BrN3O2. The van der Waals surface area contributed by atoms with Gasteiger partial charge in [-0.2, -0.15) is 0 Å². The van der Waals surface area contributed by atoms with E-state index < -0.39 is 5.97 Å². The van der Waals surface area contributed by atoms with Gasteiger partial charge in [-0.1, -0.05) is 29.8 Å². The lowest BCUT2D eigenvalue weighted by Crippen LogP contribution is -2.06. The van der Waals surface area contributed by atoms with Crippen molar-refractivity contribution in [3.8, 4) is 5.69 Å². The maximum atomic E-state index is 11.0. The van der Waals surface area contributed by atoms with Crippen molar-refractivity contribution in [1.29, 1.82) is 0 Å². The van der Waals surface area contributed by atoms with E-state index >= 15 is 0 Å². The van der Waals surface area contributed by atoms with Crippen molar-refractivity contribution < 1.29 is 9.90 Å². The van der Waals surface area contributed by atoms with Crippen molar-refractivity contribution in [2.75, 3.05) is 0 Å². The molecule has 0 fully saturated rings. The number of aromatic nitrogens is 3. The summed E-state index contributed by atoms with van der Waals surface area (Å²) in [4.78, 5) is 15.1. The van der Waals surface area contributed by atoms with Gasteiger partial charge in [0, 0.05) is 10.9 Å². The summed E-state index contributed by atoms with van der Waals surface area (Å²) in [5.74, 6) is -0.241. The molecule has 19 heavy (non-hydrogen) atoms. The average Bonchev–Trinajstić information content (AvgIpc) is 2.73. The van der Waals surface area contributed by atoms with Crippen LogP contribution in [-0.2, 0) is 6.42 Å². The van der Waals surface area contributed by atoms with Gasteiger partial charge in [0.2, 0.25) is 0 Å². The highest BCUT2D eigenvalue weighted by atomic mass is 79.9. The molecule has 1 aromatic carbocycles. The number of rotatable bonds is 4. The maximum absolute atomic E-state index is 11.0. The Balaban J connectivity index is 2.47. The Bertz CT molecular complexity index is 590. The van der Waals surface area contributed by atoms with Gasteiger partial charge in [0.25, 0.3) is 5.82 Å². The lowest BCUT2D eigenvalue weighted by Gasteiger charge is -2.07. The minimum absolute atomic E-state index is 0.168. The van der Waals surface area contributed by atoms with Crippen LogP contribution in [-0.4, -0.2) is 25.8 Å². The van der Waals surface area contributed by atoms with E-state index in [1.165, 1.54) is 0 Å². The number of aromatic carboxylic acids is 1. The molecule has 1 aromatic heterocycles. The molecule has 1 N–H and O–H groups in total. The Labute approximate surface area is 119 Å². The zero-order chi connectivity index (χ0) is 14.0. The number of carbonyl (C=O) groups is 1. The van der Waals surface area contributed by atoms with E-state index in [0.29, 0.717) is 18.2 Å². The van der Waals surface area contributed by atoms with Crippen LogP contribution >= 0.6 is 15.9 Å². The fourth-order valence-electron chi connectivity index (χ4n) is 1.72. The summed E-state index contributed by atoms with van der Waals surface area (Å²) >= 11 is 3.37. The summed E-state index contributed by atoms with van der Waals surface area (Å²) in [6.07, 6.45) is 0.677. The number of hydrogen-bond donors (Lipinski definition) is 1. The number of carboxylic acid groups (broad SMARTS) is 1. The second kappa shape index (κ2) is 5.52. The standard InChI is InChI=1S/C13H14BrN3O2/c1-8(2)7-11-15-12(13(18)19)16-17(11)10-5-3-9(14)4-6-10/h3-6,8H,7H2,1-2H3,(H,18,19). The Kier molecular flexibility index (Phi) is 3.99. The first-order chi connectivity index (χ1) is 8.97. The molecule has 2 aromatic rings. The van der Waals surface area contributed by atoms with Crippen molar-refractivity contribution >= 4 is 21.9 Å². The first-order valence-electron chi connectivity index (χ1n) is 5.92. The molecular weight excluding hydrogens is 310 g/mol. The van der Waals surface area contributed by atoms with Gasteiger partial charge in [0.05, 0.1) is 5.69 Å². The molecule has 0 aliphatic rings. The van der Waals surface area contributed by atoms with Gasteiger partial charge in [0.1, 0.15) is 5.82 Å². The summed E-state index contributed by atoms with van der Waals surface area (Å²) in [6, 6.07) is 7.51. The minimum atomic E-state index is -1.11. The molecule has 0 aliphatic carbocycles. The topological polar surface area (TPSA) is 68.0 Å². The molecule has 0 radical (unpaired) electrons. The van der Waals surface area contributed by atoms with Crippen LogP contribution in [0.1, 0.15) is 30.3 Å². The van der Waals surface area contributed by atoms with Crippen LogP contribution in [0.15, 0.2) is 28.7 Å². The average molecular weight is 324 g/mol. The van der Waals surface area contributed by atoms with Gasteiger partial charge in [0.15, 0.2) is 0 Å². The molecule has 1 heterocycles.